The van der Waals surface area contributed by atoms with Crippen molar-refractivity contribution in [1.29, 1.82) is 0 Å². The number of thiophene rings is 1. The lowest BCUT2D eigenvalue weighted by molar-refractivity contribution is -0.120. The highest BCUT2D eigenvalue weighted by Crippen LogP contribution is 2.36. The third kappa shape index (κ3) is 3.54. The van der Waals surface area contributed by atoms with Crippen LogP contribution in [0.15, 0.2) is 30.3 Å². The quantitative estimate of drug-likeness (QED) is 0.728. The molecule has 1 saturated heterocycles. The van der Waals surface area contributed by atoms with Crippen LogP contribution in [0, 0.1) is 26.7 Å². The minimum absolute atomic E-state index is 0.0465. The van der Waals surface area contributed by atoms with E-state index in [1.807, 2.05) is 37.3 Å². The number of piperidine rings is 1. The van der Waals surface area contributed by atoms with Gasteiger partial charge < -0.3 is 10.2 Å². The maximum Gasteiger partial charge on any atom is 0.227 e. The van der Waals surface area contributed by atoms with Crippen molar-refractivity contribution in [1.82, 2.24) is 9.97 Å². The number of carbonyl (C=O) groups excluding carboxylic acids is 1. The van der Waals surface area contributed by atoms with Crippen molar-refractivity contribution in [2.45, 2.75) is 33.6 Å². The monoisotopic (exact) mass is 380 g/mol. The summed E-state index contributed by atoms with van der Waals surface area (Å²) in [6.07, 6.45) is 1.68. The molecule has 1 N–H and O–H groups in total. The summed E-state index contributed by atoms with van der Waals surface area (Å²) in [6, 6.07) is 9.68. The summed E-state index contributed by atoms with van der Waals surface area (Å²) in [4.78, 5) is 26.6. The third-order valence-electron chi connectivity index (χ3n) is 5.33. The second-order valence-electron chi connectivity index (χ2n) is 7.17. The topological polar surface area (TPSA) is 58.1 Å². The number of anilines is 2. The van der Waals surface area contributed by atoms with E-state index in [1.54, 1.807) is 11.3 Å². The fraction of sp³-hybridized carbons (Fsp3) is 0.381. The molecular formula is C21H24N4OS. The van der Waals surface area contributed by atoms with Gasteiger partial charge in [-0.1, -0.05) is 18.2 Å². The highest BCUT2D eigenvalue weighted by Gasteiger charge is 2.27. The number of nitrogens with zero attached hydrogens (tertiary/aromatic N) is 3. The van der Waals surface area contributed by atoms with E-state index >= 15 is 0 Å². The SMILES string of the molecule is Cc1nc(N2CCC(C(=O)Nc3ccccc3)CC2)c2c(C)c(C)sc2n1. The largest absolute Gasteiger partial charge is 0.356 e. The van der Waals surface area contributed by atoms with E-state index in [0.29, 0.717) is 0 Å². The number of rotatable bonds is 3. The van der Waals surface area contributed by atoms with Crippen molar-refractivity contribution in [3.05, 3.63) is 46.6 Å². The lowest BCUT2D eigenvalue weighted by atomic mass is 9.95. The maximum atomic E-state index is 12.6. The summed E-state index contributed by atoms with van der Waals surface area (Å²) in [7, 11) is 0. The standard InChI is InChI=1S/C21H24N4OS/c1-13-14(2)27-21-18(13)19(22-15(3)23-21)25-11-9-16(10-12-25)20(26)24-17-7-5-4-6-8-17/h4-8,16H,9-12H2,1-3H3,(H,24,26). The normalized spacial score (nSPS) is 15.3. The van der Waals surface area contributed by atoms with Crippen molar-refractivity contribution in [3.8, 4) is 0 Å². The Kier molecular flexibility index (Phi) is 4.83. The number of para-hydroxylation sites is 1. The second kappa shape index (κ2) is 7.27. The van der Waals surface area contributed by atoms with E-state index in [9.17, 15) is 4.79 Å². The van der Waals surface area contributed by atoms with E-state index in [4.69, 9.17) is 4.98 Å². The molecule has 3 aromatic rings. The lowest BCUT2D eigenvalue weighted by Gasteiger charge is -2.32. The molecule has 0 radical (unpaired) electrons. The molecule has 1 aliphatic heterocycles. The second-order valence-corrected chi connectivity index (χ2v) is 8.38. The molecule has 0 aliphatic carbocycles. The van der Waals surface area contributed by atoms with Crippen molar-refractivity contribution in [2.75, 3.05) is 23.3 Å². The van der Waals surface area contributed by atoms with E-state index in [2.05, 4.69) is 29.0 Å². The first kappa shape index (κ1) is 17.9. The van der Waals surface area contributed by atoms with Gasteiger partial charge in [0.05, 0.1) is 5.39 Å². The van der Waals surface area contributed by atoms with Crippen LogP contribution in [0.5, 0.6) is 0 Å². The molecule has 0 unspecified atom stereocenters. The van der Waals surface area contributed by atoms with Gasteiger partial charge in [-0.2, -0.15) is 0 Å². The van der Waals surface area contributed by atoms with E-state index < -0.39 is 0 Å². The Morgan fingerprint density at radius 2 is 1.81 bits per heavy atom. The first-order valence-corrected chi connectivity index (χ1v) is 10.2. The van der Waals surface area contributed by atoms with Gasteiger partial charge in [0.1, 0.15) is 16.5 Å². The van der Waals surface area contributed by atoms with Gasteiger partial charge in [0.15, 0.2) is 0 Å². The highest BCUT2D eigenvalue weighted by molar-refractivity contribution is 7.18. The molecular weight excluding hydrogens is 356 g/mol. The summed E-state index contributed by atoms with van der Waals surface area (Å²) < 4.78 is 0. The fourth-order valence-electron chi connectivity index (χ4n) is 3.68. The molecule has 2 aromatic heterocycles. The molecule has 3 heterocycles. The summed E-state index contributed by atoms with van der Waals surface area (Å²) in [5, 5.41) is 4.21. The maximum absolute atomic E-state index is 12.6. The zero-order valence-electron chi connectivity index (χ0n) is 16.0. The molecule has 6 heteroatoms. The van der Waals surface area contributed by atoms with Crippen molar-refractivity contribution >= 4 is 39.0 Å². The number of hydrogen-bond donors (Lipinski definition) is 1. The van der Waals surface area contributed by atoms with Crippen molar-refractivity contribution < 1.29 is 4.79 Å². The number of amides is 1. The van der Waals surface area contributed by atoms with E-state index in [0.717, 1.165) is 48.1 Å². The van der Waals surface area contributed by atoms with Crippen LogP contribution in [0.25, 0.3) is 10.2 Å². The van der Waals surface area contributed by atoms with Gasteiger partial charge in [0.25, 0.3) is 0 Å². The molecule has 0 saturated carbocycles. The van der Waals surface area contributed by atoms with Crippen LogP contribution >= 0.6 is 11.3 Å². The van der Waals surface area contributed by atoms with Crippen LogP contribution in [0.1, 0.15) is 29.1 Å². The molecule has 1 aliphatic rings. The van der Waals surface area contributed by atoms with Crippen molar-refractivity contribution in [2.24, 2.45) is 5.92 Å². The van der Waals surface area contributed by atoms with E-state index in [-0.39, 0.29) is 11.8 Å². The number of aromatic nitrogens is 2. The van der Waals surface area contributed by atoms with Crippen LogP contribution in [-0.4, -0.2) is 29.0 Å². The molecule has 1 amide bonds. The molecule has 5 nitrogen and oxygen atoms in total. The van der Waals surface area contributed by atoms with Crippen LogP contribution in [-0.2, 0) is 4.79 Å². The van der Waals surface area contributed by atoms with Crippen LogP contribution in [0.4, 0.5) is 11.5 Å². The predicted molar refractivity (Wildman–Crippen MR) is 112 cm³/mol. The Morgan fingerprint density at radius 1 is 1.11 bits per heavy atom. The average Bonchev–Trinajstić information content (AvgIpc) is 2.95. The molecule has 0 atom stereocenters. The van der Waals surface area contributed by atoms with Gasteiger partial charge in [-0.25, -0.2) is 9.97 Å². The first-order chi connectivity index (χ1) is 13.0. The van der Waals surface area contributed by atoms with Gasteiger partial charge in [-0.15, -0.1) is 11.3 Å². The van der Waals surface area contributed by atoms with E-state index in [1.165, 1.54) is 15.8 Å². The number of fused-ring (bicyclic) bond motifs is 1. The summed E-state index contributed by atoms with van der Waals surface area (Å²) >= 11 is 1.74. The van der Waals surface area contributed by atoms with Crippen LogP contribution in [0.3, 0.4) is 0 Å². The minimum atomic E-state index is 0.0465. The van der Waals surface area contributed by atoms with Gasteiger partial charge in [-0.05, 0) is 51.3 Å². The number of aryl methyl sites for hydroxylation is 3. The third-order valence-corrected chi connectivity index (χ3v) is 6.43. The molecule has 27 heavy (non-hydrogen) atoms. The predicted octanol–water partition coefficient (Wildman–Crippen LogP) is 4.47. The minimum Gasteiger partial charge on any atom is -0.356 e. The Hall–Kier alpha value is -2.47. The van der Waals surface area contributed by atoms with Crippen LogP contribution < -0.4 is 10.2 Å². The van der Waals surface area contributed by atoms with Crippen molar-refractivity contribution in [3.63, 3.8) is 0 Å². The summed E-state index contributed by atoms with van der Waals surface area (Å²) in [5.41, 5.74) is 2.14. The highest BCUT2D eigenvalue weighted by atomic mass is 32.1. The van der Waals surface area contributed by atoms with Gasteiger partial charge in [-0.3, -0.25) is 4.79 Å². The summed E-state index contributed by atoms with van der Waals surface area (Å²) in [6.45, 7) is 7.92. The first-order valence-electron chi connectivity index (χ1n) is 9.38. The van der Waals surface area contributed by atoms with Gasteiger partial charge >= 0.3 is 0 Å². The van der Waals surface area contributed by atoms with Gasteiger partial charge in [0.2, 0.25) is 5.91 Å². The van der Waals surface area contributed by atoms with Crippen LogP contribution in [0.2, 0.25) is 0 Å². The molecule has 140 valence electrons. The lowest BCUT2D eigenvalue weighted by Crippen LogP contribution is -2.38. The number of benzene rings is 1. The molecule has 0 spiro atoms. The Balaban J connectivity index is 1.50. The summed E-state index contributed by atoms with van der Waals surface area (Å²) in [5.74, 6) is 2.00. The number of nitrogens with one attached hydrogen (secondary N) is 1. The Bertz CT molecular complexity index is 975. The Labute approximate surface area is 163 Å². The molecule has 0 bridgehead atoms. The number of carbonyl (C=O) groups is 1. The molecule has 4 rings (SSSR count). The van der Waals surface area contributed by atoms with Gasteiger partial charge in [0, 0.05) is 29.6 Å². The number of hydrogen-bond acceptors (Lipinski definition) is 5. The average molecular weight is 381 g/mol. The Morgan fingerprint density at radius 3 is 2.52 bits per heavy atom. The fourth-order valence-corrected chi connectivity index (χ4v) is 4.75. The molecule has 1 fully saturated rings. The zero-order valence-corrected chi connectivity index (χ0v) is 16.8. The smallest absolute Gasteiger partial charge is 0.227 e. The zero-order chi connectivity index (χ0) is 19.0. The molecule has 1 aromatic carbocycles.